The number of hydrogen-bond donors (Lipinski definition) is 1. The number of rotatable bonds is 5. The molecule has 0 aliphatic rings. The van der Waals surface area contributed by atoms with Crippen molar-refractivity contribution in [3.05, 3.63) is 28.8 Å². The predicted octanol–water partition coefficient (Wildman–Crippen LogP) is 2.73. The van der Waals surface area contributed by atoms with E-state index in [1.165, 1.54) is 32.7 Å². The number of hydrogen-bond acceptors (Lipinski definition) is 6. The molecule has 0 aliphatic carbocycles. The molecule has 2 rings (SSSR count). The van der Waals surface area contributed by atoms with Crippen LogP contribution >= 0.6 is 11.3 Å². The zero-order valence-electron chi connectivity index (χ0n) is 12.2. The van der Waals surface area contributed by atoms with Gasteiger partial charge in [-0.05, 0) is 6.92 Å². The molecule has 7 heteroatoms. The molecule has 0 bridgehead atoms. The van der Waals surface area contributed by atoms with Crippen LogP contribution < -0.4 is 19.5 Å². The summed E-state index contributed by atoms with van der Waals surface area (Å²) in [5.41, 5.74) is 1.15. The second-order valence-corrected chi connectivity index (χ2v) is 5.01. The number of ether oxygens (including phenoxy) is 3. The molecule has 0 unspecified atom stereocenters. The van der Waals surface area contributed by atoms with Crippen LogP contribution in [0.5, 0.6) is 17.2 Å². The standard InChI is InChI=1S/C14H16N2O4S/c1-8-7-21-14(15-8)16-13(17)12-10(19-3)5-9(18-2)6-11(12)20-4/h5-7H,1-4H3,(H,15,16,17). The maximum Gasteiger partial charge on any atom is 0.265 e. The maximum absolute atomic E-state index is 12.4. The van der Waals surface area contributed by atoms with Gasteiger partial charge in [-0.1, -0.05) is 0 Å². The van der Waals surface area contributed by atoms with Crippen LogP contribution in [-0.2, 0) is 0 Å². The first kappa shape index (κ1) is 15.1. The summed E-state index contributed by atoms with van der Waals surface area (Å²) in [5, 5.41) is 5.12. The van der Waals surface area contributed by atoms with Crippen LogP contribution in [0.1, 0.15) is 16.1 Å². The van der Waals surface area contributed by atoms with Gasteiger partial charge in [0, 0.05) is 17.5 Å². The van der Waals surface area contributed by atoms with E-state index in [9.17, 15) is 4.79 Å². The van der Waals surface area contributed by atoms with Crippen LogP contribution in [0.15, 0.2) is 17.5 Å². The number of aromatic nitrogens is 1. The third-order valence-electron chi connectivity index (χ3n) is 2.78. The van der Waals surface area contributed by atoms with Crippen molar-refractivity contribution in [2.75, 3.05) is 26.6 Å². The van der Waals surface area contributed by atoms with E-state index < -0.39 is 0 Å². The molecule has 0 aliphatic heterocycles. The second kappa shape index (κ2) is 6.45. The van der Waals surface area contributed by atoms with Gasteiger partial charge in [0.15, 0.2) is 5.13 Å². The Bertz CT molecular complexity index is 629. The second-order valence-electron chi connectivity index (χ2n) is 4.16. The van der Waals surface area contributed by atoms with E-state index in [1.54, 1.807) is 12.1 Å². The van der Waals surface area contributed by atoms with Crippen molar-refractivity contribution in [2.45, 2.75) is 6.92 Å². The Morgan fingerprint density at radius 2 is 1.76 bits per heavy atom. The zero-order chi connectivity index (χ0) is 15.4. The molecule has 0 radical (unpaired) electrons. The van der Waals surface area contributed by atoms with Gasteiger partial charge in [0.2, 0.25) is 0 Å². The largest absolute Gasteiger partial charge is 0.496 e. The molecule has 21 heavy (non-hydrogen) atoms. The Labute approximate surface area is 126 Å². The zero-order valence-corrected chi connectivity index (χ0v) is 13.0. The summed E-state index contributed by atoms with van der Waals surface area (Å²) in [6.07, 6.45) is 0. The van der Waals surface area contributed by atoms with Crippen LogP contribution in [0.2, 0.25) is 0 Å². The summed E-state index contributed by atoms with van der Waals surface area (Å²) in [4.78, 5) is 16.6. The third kappa shape index (κ3) is 3.25. The summed E-state index contributed by atoms with van der Waals surface area (Å²) < 4.78 is 15.7. The van der Waals surface area contributed by atoms with Crippen LogP contribution in [0, 0.1) is 6.92 Å². The van der Waals surface area contributed by atoms with Crippen molar-refractivity contribution in [1.82, 2.24) is 4.98 Å². The highest BCUT2D eigenvalue weighted by Gasteiger charge is 2.21. The number of thiazole rings is 1. The number of nitrogens with one attached hydrogen (secondary N) is 1. The smallest absolute Gasteiger partial charge is 0.265 e. The minimum Gasteiger partial charge on any atom is -0.496 e. The van der Waals surface area contributed by atoms with E-state index in [0.29, 0.717) is 27.9 Å². The highest BCUT2D eigenvalue weighted by Crippen LogP contribution is 2.34. The van der Waals surface area contributed by atoms with Gasteiger partial charge >= 0.3 is 0 Å². The molecule has 2 aromatic rings. The summed E-state index contributed by atoms with van der Waals surface area (Å²) in [5.74, 6) is 0.944. The van der Waals surface area contributed by atoms with Crippen molar-refractivity contribution in [2.24, 2.45) is 0 Å². The van der Waals surface area contributed by atoms with Gasteiger partial charge in [-0.15, -0.1) is 11.3 Å². The van der Waals surface area contributed by atoms with Gasteiger partial charge in [-0.3, -0.25) is 10.1 Å². The molecule has 6 nitrogen and oxygen atoms in total. The van der Waals surface area contributed by atoms with E-state index >= 15 is 0 Å². The van der Waals surface area contributed by atoms with Gasteiger partial charge in [0.25, 0.3) is 5.91 Å². The number of carbonyl (C=O) groups excluding carboxylic acids is 1. The first-order valence-electron chi connectivity index (χ1n) is 6.12. The van der Waals surface area contributed by atoms with Crippen molar-refractivity contribution in [3.8, 4) is 17.2 Å². The Balaban J connectivity index is 2.38. The Kier molecular flexibility index (Phi) is 4.64. The SMILES string of the molecule is COc1cc(OC)c(C(=O)Nc2nc(C)cs2)c(OC)c1. The molecule has 0 saturated heterocycles. The number of carbonyl (C=O) groups is 1. The lowest BCUT2D eigenvalue weighted by molar-refractivity contribution is 0.102. The molecule has 0 saturated carbocycles. The number of aryl methyl sites for hydroxylation is 1. The molecule has 1 heterocycles. The number of methoxy groups -OCH3 is 3. The van der Waals surface area contributed by atoms with Gasteiger partial charge in [-0.25, -0.2) is 4.98 Å². The molecule has 1 aromatic carbocycles. The Morgan fingerprint density at radius 3 is 2.19 bits per heavy atom. The third-order valence-corrected chi connectivity index (χ3v) is 3.66. The van der Waals surface area contributed by atoms with E-state index in [4.69, 9.17) is 14.2 Å². The van der Waals surface area contributed by atoms with E-state index in [1.807, 2.05) is 12.3 Å². The highest BCUT2D eigenvalue weighted by molar-refractivity contribution is 7.13. The highest BCUT2D eigenvalue weighted by atomic mass is 32.1. The normalized spacial score (nSPS) is 10.1. The summed E-state index contributed by atoms with van der Waals surface area (Å²) in [6, 6.07) is 3.26. The average molecular weight is 308 g/mol. The minimum atomic E-state index is -0.347. The first-order chi connectivity index (χ1) is 10.1. The number of benzene rings is 1. The van der Waals surface area contributed by atoms with Crippen molar-refractivity contribution < 1.29 is 19.0 Å². The quantitative estimate of drug-likeness (QED) is 0.919. The van der Waals surface area contributed by atoms with Crippen molar-refractivity contribution >= 4 is 22.4 Å². The fourth-order valence-corrected chi connectivity index (χ4v) is 2.48. The number of amides is 1. The number of nitrogens with zero attached hydrogens (tertiary/aromatic N) is 1. The topological polar surface area (TPSA) is 69.7 Å². The lowest BCUT2D eigenvalue weighted by Gasteiger charge is -2.14. The monoisotopic (exact) mass is 308 g/mol. The maximum atomic E-state index is 12.4. The van der Waals surface area contributed by atoms with Crippen molar-refractivity contribution in [1.29, 1.82) is 0 Å². The van der Waals surface area contributed by atoms with E-state index in [0.717, 1.165) is 5.69 Å². The fourth-order valence-electron chi connectivity index (χ4n) is 1.80. The average Bonchev–Trinajstić information content (AvgIpc) is 2.90. The summed E-state index contributed by atoms with van der Waals surface area (Å²) in [7, 11) is 4.50. The van der Waals surface area contributed by atoms with Crippen molar-refractivity contribution in [3.63, 3.8) is 0 Å². The summed E-state index contributed by atoms with van der Waals surface area (Å²) >= 11 is 1.36. The van der Waals surface area contributed by atoms with E-state index in [2.05, 4.69) is 10.3 Å². The van der Waals surface area contributed by atoms with Crippen LogP contribution in [0.3, 0.4) is 0 Å². The lowest BCUT2D eigenvalue weighted by Crippen LogP contribution is -2.14. The van der Waals surface area contributed by atoms with Gasteiger partial charge in [0.1, 0.15) is 22.8 Å². The molecular weight excluding hydrogens is 292 g/mol. The van der Waals surface area contributed by atoms with Gasteiger partial charge in [0.05, 0.1) is 27.0 Å². The molecule has 1 amide bonds. The molecule has 1 aromatic heterocycles. The molecule has 0 spiro atoms. The van der Waals surface area contributed by atoms with Gasteiger partial charge < -0.3 is 14.2 Å². The molecule has 0 fully saturated rings. The first-order valence-corrected chi connectivity index (χ1v) is 7.00. The number of anilines is 1. The summed E-state index contributed by atoms with van der Waals surface area (Å²) in [6.45, 7) is 1.86. The van der Waals surface area contributed by atoms with Crippen LogP contribution in [-0.4, -0.2) is 32.2 Å². The fraction of sp³-hybridized carbons (Fsp3) is 0.286. The molecule has 112 valence electrons. The Hall–Kier alpha value is -2.28. The minimum absolute atomic E-state index is 0.300. The van der Waals surface area contributed by atoms with Gasteiger partial charge in [-0.2, -0.15) is 0 Å². The molecule has 1 N–H and O–H groups in total. The lowest BCUT2D eigenvalue weighted by atomic mass is 10.1. The van der Waals surface area contributed by atoms with Crippen LogP contribution in [0.25, 0.3) is 0 Å². The predicted molar refractivity (Wildman–Crippen MR) is 80.9 cm³/mol. The molecular formula is C14H16N2O4S. The molecule has 0 atom stereocenters. The van der Waals surface area contributed by atoms with E-state index in [-0.39, 0.29) is 5.91 Å². The van der Waals surface area contributed by atoms with Crippen LogP contribution in [0.4, 0.5) is 5.13 Å². The Morgan fingerprint density at radius 1 is 1.14 bits per heavy atom.